The fraction of sp³-hybridized carbons (Fsp3) is 0.500. The van der Waals surface area contributed by atoms with Crippen LogP contribution < -0.4 is 5.32 Å². The highest BCUT2D eigenvalue weighted by molar-refractivity contribution is 5.34. The summed E-state index contributed by atoms with van der Waals surface area (Å²) in [6.07, 6.45) is -4.98. The Hall–Kier alpha value is -2.27. The molecule has 30 heavy (non-hydrogen) atoms. The third-order valence-corrected chi connectivity index (χ3v) is 5.54. The second kappa shape index (κ2) is 8.46. The highest BCUT2D eigenvalue weighted by Crippen LogP contribution is 2.28. The number of halogens is 3. The van der Waals surface area contributed by atoms with Crippen LogP contribution in [0.5, 0.6) is 0 Å². The molecule has 0 bridgehead atoms. The van der Waals surface area contributed by atoms with Crippen LogP contribution in [0.15, 0.2) is 36.7 Å². The predicted molar refractivity (Wildman–Crippen MR) is 102 cm³/mol. The number of ether oxygens (including phenoxy) is 1. The lowest BCUT2D eigenvalue weighted by Gasteiger charge is -2.40. The van der Waals surface area contributed by atoms with Gasteiger partial charge in [0.1, 0.15) is 18.0 Å². The molecule has 1 fully saturated rings. The van der Waals surface area contributed by atoms with E-state index in [4.69, 9.17) is 4.74 Å². The van der Waals surface area contributed by atoms with Crippen LogP contribution in [0.3, 0.4) is 0 Å². The van der Waals surface area contributed by atoms with Crippen molar-refractivity contribution in [2.24, 2.45) is 0 Å². The maximum Gasteiger partial charge on any atom is 0.434 e. The lowest BCUT2D eigenvalue weighted by molar-refractivity contribution is -0.147. The molecule has 10 heteroatoms. The Morgan fingerprint density at radius 3 is 2.67 bits per heavy atom. The minimum atomic E-state index is -4.62. The number of hydrogen-bond donors (Lipinski definition) is 3. The smallest absolute Gasteiger partial charge is 0.388 e. The molecule has 3 N–H and O–H groups in total. The van der Waals surface area contributed by atoms with Crippen LogP contribution in [0, 0.1) is 0 Å². The van der Waals surface area contributed by atoms with E-state index in [1.54, 1.807) is 0 Å². The van der Waals surface area contributed by atoms with Gasteiger partial charge in [0.05, 0.1) is 31.1 Å². The number of benzene rings is 1. The maximum absolute atomic E-state index is 12.8. The van der Waals surface area contributed by atoms with Crippen LogP contribution in [0.4, 0.5) is 19.0 Å². The first kappa shape index (κ1) is 21.0. The van der Waals surface area contributed by atoms with Gasteiger partial charge in [0, 0.05) is 19.6 Å². The van der Waals surface area contributed by atoms with Crippen LogP contribution >= 0.6 is 0 Å². The monoisotopic (exact) mass is 424 g/mol. The number of aliphatic hydroxyl groups excluding tert-OH is 2. The van der Waals surface area contributed by atoms with Crippen molar-refractivity contribution in [3.63, 3.8) is 0 Å². The number of rotatable bonds is 4. The molecular weight excluding hydrogens is 401 g/mol. The van der Waals surface area contributed by atoms with Crippen LogP contribution in [0.25, 0.3) is 0 Å². The van der Waals surface area contributed by atoms with Crippen molar-refractivity contribution in [2.75, 3.05) is 25.0 Å². The summed E-state index contributed by atoms with van der Waals surface area (Å²) < 4.78 is 44.2. The normalized spacial score (nSPS) is 27.5. The molecule has 2 aliphatic rings. The molecule has 0 saturated carbocycles. The fourth-order valence-corrected chi connectivity index (χ4v) is 3.90. The number of aliphatic hydroxyl groups is 2. The average molecular weight is 424 g/mol. The Balaban J connectivity index is 1.36. The van der Waals surface area contributed by atoms with Gasteiger partial charge in [0.25, 0.3) is 0 Å². The Labute approximate surface area is 171 Å². The molecule has 0 radical (unpaired) electrons. The lowest BCUT2D eigenvalue weighted by atomic mass is 9.95. The van der Waals surface area contributed by atoms with Crippen molar-refractivity contribution in [2.45, 2.75) is 43.5 Å². The minimum absolute atomic E-state index is 0.0191. The zero-order valence-corrected chi connectivity index (χ0v) is 16.1. The largest absolute Gasteiger partial charge is 0.434 e. The van der Waals surface area contributed by atoms with Crippen molar-refractivity contribution >= 4 is 5.82 Å². The van der Waals surface area contributed by atoms with Gasteiger partial charge in [-0.1, -0.05) is 24.3 Å². The maximum atomic E-state index is 12.8. The van der Waals surface area contributed by atoms with Crippen molar-refractivity contribution < 1.29 is 28.1 Å². The van der Waals surface area contributed by atoms with Gasteiger partial charge in [0.2, 0.25) is 0 Å². The molecule has 3 heterocycles. The van der Waals surface area contributed by atoms with E-state index in [1.807, 2.05) is 12.1 Å². The SMILES string of the molecule is O[C@@H]1[C@H](O)[C@@H](Nc2cncc(C(F)(F)F)n2)CO[C@@H]1CN1CCc2ccccc2C1. The molecule has 7 nitrogen and oxygen atoms in total. The van der Waals surface area contributed by atoms with Gasteiger partial charge in [0.15, 0.2) is 5.69 Å². The third kappa shape index (κ3) is 4.56. The zero-order valence-electron chi connectivity index (χ0n) is 16.1. The van der Waals surface area contributed by atoms with E-state index in [1.165, 1.54) is 11.1 Å². The highest BCUT2D eigenvalue weighted by Gasteiger charge is 2.40. The van der Waals surface area contributed by atoms with E-state index >= 15 is 0 Å². The molecule has 2 aliphatic heterocycles. The van der Waals surface area contributed by atoms with Gasteiger partial charge >= 0.3 is 6.18 Å². The molecule has 4 rings (SSSR count). The van der Waals surface area contributed by atoms with E-state index in [9.17, 15) is 23.4 Å². The number of anilines is 1. The second-order valence-electron chi connectivity index (χ2n) is 7.64. The predicted octanol–water partition coefficient (Wildman–Crippen LogP) is 1.45. The van der Waals surface area contributed by atoms with E-state index in [2.05, 4.69) is 32.3 Å². The van der Waals surface area contributed by atoms with E-state index in [0.717, 1.165) is 25.7 Å². The first-order chi connectivity index (χ1) is 14.3. The van der Waals surface area contributed by atoms with Crippen molar-refractivity contribution in [3.05, 3.63) is 53.5 Å². The minimum Gasteiger partial charge on any atom is -0.388 e. The van der Waals surface area contributed by atoms with E-state index in [-0.39, 0.29) is 12.4 Å². The van der Waals surface area contributed by atoms with Gasteiger partial charge in [-0.3, -0.25) is 9.88 Å². The van der Waals surface area contributed by atoms with Gasteiger partial charge in [-0.25, -0.2) is 4.98 Å². The zero-order chi connectivity index (χ0) is 21.3. The topological polar surface area (TPSA) is 90.7 Å². The number of nitrogens with one attached hydrogen (secondary N) is 1. The quantitative estimate of drug-likeness (QED) is 0.685. The van der Waals surface area contributed by atoms with Gasteiger partial charge in [-0.15, -0.1) is 0 Å². The number of nitrogens with zero attached hydrogens (tertiary/aromatic N) is 3. The Bertz CT molecular complexity index is 882. The van der Waals surface area contributed by atoms with E-state index < -0.39 is 36.2 Å². The average Bonchev–Trinajstić information content (AvgIpc) is 2.73. The second-order valence-corrected chi connectivity index (χ2v) is 7.64. The molecule has 162 valence electrons. The molecule has 2 aromatic rings. The van der Waals surface area contributed by atoms with Crippen molar-refractivity contribution in [1.82, 2.24) is 14.9 Å². The van der Waals surface area contributed by atoms with Crippen molar-refractivity contribution in [3.8, 4) is 0 Å². The van der Waals surface area contributed by atoms with Gasteiger partial charge in [-0.05, 0) is 17.5 Å². The molecule has 1 saturated heterocycles. The fourth-order valence-electron chi connectivity index (χ4n) is 3.90. The standard InChI is InChI=1S/C20H23F3N4O3/c21-20(22,23)16-7-24-8-17(26-16)25-14-11-30-15(19(29)18(14)28)10-27-6-5-12-3-1-2-4-13(12)9-27/h1-4,7-8,14-15,18-19,28-29H,5-6,9-11H2,(H,25,26)/t14-,15+,18+,19-/m0/s1. The molecule has 0 amide bonds. The molecule has 4 atom stereocenters. The van der Waals surface area contributed by atoms with Crippen molar-refractivity contribution in [1.29, 1.82) is 0 Å². The highest BCUT2D eigenvalue weighted by atomic mass is 19.4. The molecule has 1 aromatic heterocycles. The summed E-state index contributed by atoms with van der Waals surface area (Å²) in [5.74, 6) is -0.143. The summed E-state index contributed by atoms with van der Waals surface area (Å²) >= 11 is 0. The van der Waals surface area contributed by atoms with Crippen LogP contribution in [0.2, 0.25) is 0 Å². The third-order valence-electron chi connectivity index (χ3n) is 5.54. The Morgan fingerprint density at radius 1 is 1.13 bits per heavy atom. The Morgan fingerprint density at radius 2 is 1.90 bits per heavy atom. The summed E-state index contributed by atoms with van der Waals surface area (Å²) in [7, 11) is 0. The lowest BCUT2D eigenvalue weighted by Crippen LogP contribution is -2.58. The van der Waals surface area contributed by atoms with Crippen LogP contribution in [-0.2, 0) is 23.9 Å². The molecule has 1 aromatic carbocycles. The summed E-state index contributed by atoms with van der Waals surface area (Å²) in [6.45, 7) is 2.02. The summed E-state index contributed by atoms with van der Waals surface area (Å²) in [6, 6.07) is 7.38. The Kier molecular flexibility index (Phi) is 5.92. The first-order valence-electron chi connectivity index (χ1n) is 9.74. The summed E-state index contributed by atoms with van der Waals surface area (Å²) in [5, 5.41) is 23.7. The first-order valence-corrected chi connectivity index (χ1v) is 9.74. The molecular formula is C20H23F3N4O3. The summed E-state index contributed by atoms with van der Waals surface area (Å²) in [4.78, 5) is 9.17. The van der Waals surface area contributed by atoms with Gasteiger partial charge < -0.3 is 20.3 Å². The summed E-state index contributed by atoms with van der Waals surface area (Å²) in [5.41, 5.74) is 1.41. The van der Waals surface area contributed by atoms with E-state index in [0.29, 0.717) is 12.7 Å². The number of fused-ring (bicyclic) bond motifs is 1. The number of hydrogen-bond acceptors (Lipinski definition) is 7. The number of alkyl halides is 3. The van der Waals surface area contributed by atoms with Crippen LogP contribution in [0.1, 0.15) is 16.8 Å². The molecule has 0 spiro atoms. The molecule has 0 unspecified atom stereocenters. The number of aromatic nitrogens is 2. The van der Waals surface area contributed by atoms with Crippen LogP contribution in [-0.4, -0.2) is 69.1 Å². The molecule has 0 aliphatic carbocycles. The van der Waals surface area contributed by atoms with Gasteiger partial charge in [-0.2, -0.15) is 13.2 Å².